The van der Waals surface area contributed by atoms with E-state index in [-0.39, 0.29) is 18.1 Å². The number of halogens is 3. The number of imide groups is 1. The van der Waals surface area contributed by atoms with Crippen LogP contribution in [-0.4, -0.2) is 35.1 Å². The maximum absolute atomic E-state index is 13.0. The smallest absolute Gasteiger partial charge is 0.294 e. The second-order valence-electron chi connectivity index (χ2n) is 7.97. The number of hydrogen-bond acceptors (Lipinski definition) is 6. The van der Waals surface area contributed by atoms with Crippen LogP contribution in [0.4, 0.5) is 10.5 Å². The molecule has 1 heterocycles. The Hall–Kier alpha value is -2.29. The van der Waals surface area contributed by atoms with Gasteiger partial charge in [-0.3, -0.25) is 19.3 Å². The van der Waals surface area contributed by atoms with E-state index in [2.05, 4.69) is 50.5 Å². The second kappa shape index (κ2) is 13.2. The van der Waals surface area contributed by atoms with E-state index in [1.165, 1.54) is 0 Å². The first-order chi connectivity index (χ1) is 18.2. The third kappa shape index (κ3) is 7.21. The van der Waals surface area contributed by atoms with Gasteiger partial charge < -0.3 is 14.8 Å². The number of nitrogens with one attached hydrogen (secondary N) is 1. The number of benzene rings is 3. The molecule has 0 bridgehead atoms. The summed E-state index contributed by atoms with van der Waals surface area (Å²) < 4.78 is 13.7. The predicted octanol–water partition coefficient (Wildman–Crippen LogP) is 7.20. The molecule has 0 aliphatic carbocycles. The molecule has 196 valence electrons. The molecule has 0 aromatic heterocycles. The molecule has 0 atom stereocenters. The van der Waals surface area contributed by atoms with E-state index in [1.807, 2.05) is 43.3 Å². The summed E-state index contributed by atoms with van der Waals surface area (Å²) in [6.45, 7) is 2.17. The quantitative estimate of drug-likeness (QED) is 0.183. The summed E-state index contributed by atoms with van der Waals surface area (Å²) >= 11 is 11.4. The average molecular weight is 775 g/mol. The van der Waals surface area contributed by atoms with E-state index in [4.69, 9.17) is 21.1 Å². The highest BCUT2D eigenvalue weighted by Crippen LogP contribution is 2.38. The molecule has 0 radical (unpaired) electrons. The van der Waals surface area contributed by atoms with Gasteiger partial charge in [-0.05, 0) is 118 Å². The minimum Gasteiger partial charge on any atom is -0.490 e. The molecule has 1 saturated heterocycles. The van der Waals surface area contributed by atoms with Gasteiger partial charge in [0.2, 0.25) is 5.91 Å². The Kier molecular flexibility index (Phi) is 9.96. The summed E-state index contributed by atoms with van der Waals surface area (Å²) in [5, 5.41) is 2.82. The third-order valence-corrected chi connectivity index (χ3v) is 8.06. The van der Waals surface area contributed by atoms with E-state index in [9.17, 15) is 14.4 Å². The summed E-state index contributed by atoms with van der Waals surface area (Å²) in [6.07, 6.45) is 1.62. The van der Waals surface area contributed by atoms with Crippen LogP contribution in [0.2, 0.25) is 5.02 Å². The topological polar surface area (TPSA) is 84.9 Å². The van der Waals surface area contributed by atoms with E-state index in [0.717, 1.165) is 29.4 Å². The normalized spacial score (nSPS) is 14.2. The Bertz CT molecular complexity index is 1420. The molecular weight excluding hydrogens is 754 g/mol. The minimum absolute atomic E-state index is 0.222. The largest absolute Gasteiger partial charge is 0.490 e. The molecule has 3 aromatic carbocycles. The predicted molar refractivity (Wildman–Crippen MR) is 167 cm³/mol. The van der Waals surface area contributed by atoms with Crippen LogP contribution in [0.25, 0.3) is 6.08 Å². The van der Waals surface area contributed by atoms with Crippen molar-refractivity contribution in [3.05, 3.63) is 88.9 Å². The van der Waals surface area contributed by atoms with Gasteiger partial charge in [-0.1, -0.05) is 29.8 Å². The van der Waals surface area contributed by atoms with Gasteiger partial charge >= 0.3 is 0 Å². The van der Waals surface area contributed by atoms with Gasteiger partial charge in [0, 0.05) is 19.8 Å². The van der Waals surface area contributed by atoms with E-state index in [0.29, 0.717) is 34.4 Å². The molecule has 11 heteroatoms. The summed E-state index contributed by atoms with van der Waals surface area (Å²) in [5.74, 6) is 0.0893. The van der Waals surface area contributed by atoms with Crippen molar-refractivity contribution in [2.45, 2.75) is 13.5 Å². The molecule has 0 unspecified atom stereocenters. The maximum Gasteiger partial charge on any atom is 0.294 e. The zero-order valence-electron chi connectivity index (χ0n) is 20.0. The first-order valence-electron chi connectivity index (χ1n) is 11.4. The zero-order chi connectivity index (χ0) is 27.2. The molecule has 1 aliphatic heterocycles. The van der Waals surface area contributed by atoms with Crippen molar-refractivity contribution in [2.75, 3.05) is 18.5 Å². The fraction of sp³-hybridized carbons (Fsp3) is 0.148. The molecule has 1 aliphatic rings. The van der Waals surface area contributed by atoms with Crippen LogP contribution in [0.5, 0.6) is 11.5 Å². The average Bonchev–Trinajstić information content (AvgIpc) is 3.13. The first-order valence-corrected chi connectivity index (χ1v) is 14.7. The lowest BCUT2D eigenvalue weighted by atomic mass is 10.1. The van der Waals surface area contributed by atoms with Crippen LogP contribution in [0.15, 0.2) is 65.6 Å². The third-order valence-electron chi connectivity index (χ3n) is 5.26. The molecule has 38 heavy (non-hydrogen) atoms. The first kappa shape index (κ1) is 28.7. The summed E-state index contributed by atoms with van der Waals surface area (Å²) in [4.78, 5) is 39.1. The zero-order valence-corrected chi connectivity index (χ0v) is 25.9. The molecule has 1 N–H and O–H groups in total. The lowest BCUT2D eigenvalue weighted by molar-refractivity contribution is -0.127. The fourth-order valence-electron chi connectivity index (χ4n) is 3.50. The second-order valence-corrected chi connectivity index (χ2v) is 11.8. The lowest BCUT2D eigenvalue weighted by Crippen LogP contribution is -2.36. The highest BCUT2D eigenvalue weighted by atomic mass is 127. The molecule has 7 nitrogen and oxygen atoms in total. The molecule has 0 spiro atoms. The summed E-state index contributed by atoms with van der Waals surface area (Å²) in [5.41, 5.74) is 2.10. The van der Waals surface area contributed by atoms with Crippen molar-refractivity contribution in [1.29, 1.82) is 0 Å². The van der Waals surface area contributed by atoms with Crippen LogP contribution >= 0.6 is 68.5 Å². The van der Waals surface area contributed by atoms with Gasteiger partial charge in [-0.2, -0.15) is 0 Å². The number of ether oxygens (including phenoxy) is 2. The number of nitrogens with zero attached hydrogens (tertiary/aromatic N) is 1. The Morgan fingerprint density at radius 2 is 1.82 bits per heavy atom. The maximum atomic E-state index is 13.0. The van der Waals surface area contributed by atoms with Crippen LogP contribution in [-0.2, 0) is 16.2 Å². The number of amides is 3. The number of carbonyl (C=O) groups excluding carboxylic acids is 3. The van der Waals surface area contributed by atoms with Gasteiger partial charge in [0.1, 0.15) is 13.2 Å². The molecule has 1 fully saturated rings. The van der Waals surface area contributed by atoms with Gasteiger partial charge in [-0.15, -0.1) is 0 Å². The number of hydrogen-bond donors (Lipinski definition) is 1. The molecule has 0 saturated carbocycles. The van der Waals surface area contributed by atoms with Crippen LogP contribution < -0.4 is 14.8 Å². The Labute approximate surface area is 256 Å². The number of thioether (sulfide) groups is 1. The van der Waals surface area contributed by atoms with Crippen LogP contribution in [0, 0.1) is 7.14 Å². The Balaban J connectivity index is 1.49. The molecule has 3 amide bonds. The van der Waals surface area contributed by atoms with Gasteiger partial charge in [0.15, 0.2) is 11.5 Å². The fourth-order valence-corrected chi connectivity index (χ4v) is 5.67. The van der Waals surface area contributed by atoms with E-state index < -0.39 is 17.1 Å². The van der Waals surface area contributed by atoms with Crippen LogP contribution in [0.3, 0.4) is 0 Å². The monoisotopic (exact) mass is 774 g/mol. The van der Waals surface area contributed by atoms with Gasteiger partial charge in [-0.25, -0.2) is 0 Å². The molecule has 4 rings (SSSR count). The minimum atomic E-state index is -0.523. The summed E-state index contributed by atoms with van der Waals surface area (Å²) in [7, 11) is 0. The van der Waals surface area contributed by atoms with E-state index >= 15 is 0 Å². The van der Waals surface area contributed by atoms with Crippen molar-refractivity contribution < 1.29 is 23.9 Å². The Morgan fingerprint density at radius 1 is 1.08 bits per heavy atom. The number of carbonyl (C=O) groups is 3. The standard InChI is InChI=1S/C27H21ClI2N2O5S/c1-2-36-22-12-16(11-21(30)25(22)37-15-17-5-3-4-6-20(17)28)13-23-26(34)32(27(35)38-23)14-24(33)31-19-9-7-18(29)8-10-19/h3-13H,2,14-15H2,1H3,(H,31,33)/b23-13+. The summed E-state index contributed by atoms with van der Waals surface area (Å²) in [6, 6.07) is 18.2. The van der Waals surface area contributed by atoms with Crippen molar-refractivity contribution in [1.82, 2.24) is 4.90 Å². The molecule has 3 aromatic rings. The van der Waals surface area contributed by atoms with Crippen molar-refractivity contribution in [3.8, 4) is 11.5 Å². The van der Waals surface area contributed by atoms with Crippen molar-refractivity contribution in [2.24, 2.45) is 0 Å². The van der Waals surface area contributed by atoms with Crippen LogP contribution in [0.1, 0.15) is 18.1 Å². The van der Waals surface area contributed by atoms with E-state index in [1.54, 1.807) is 30.3 Å². The number of rotatable bonds is 9. The highest BCUT2D eigenvalue weighted by Gasteiger charge is 2.36. The van der Waals surface area contributed by atoms with Gasteiger partial charge in [0.05, 0.1) is 15.1 Å². The molecular formula is C27H21ClI2N2O5S. The Morgan fingerprint density at radius 3 is 2.53 bits per heavy atom. The lowest BCUT2D eigenvalue weighted by Gasteiger charge is -2.15. The number of anilines is 1. The van der Waals surface area contributed by atoms with Crippen molar-refractivity contribution in [3.63, 3.8) is 0 Å². The van der Waals surface area contributed by atoms with Crippen molar-refractivity contribution >= 4 is 97.4 Å². The van der Waals surface area contributed by atoms with Gasteiger partial charge in [0.25, 0.3) is 11.1 Å². The SMILES string of the molecule is CCOc1cc(/C=C2/SC(=O)N(CC(=O)Nc3ccc(I)cc3)C2=O)cc(I)c1OCc1ccccc1Cl. The highest BCUT2D eigenvalue weighted by molar-refractivity contribution is 14.1.